The molecule has 0 aliphatic carbocycles. The van der Waals surface area contributed by atoms with Crippen molar-refractivity contribution in [3.8, 4) is 0 Å². The van der Waals surface area contributed by atoms with Crippen LogP contribution in [0.2, 0.25) is 0 Å². The predicted molar refractivity (Wildman–Crippen MR) is 90.1 cm³/mol. The maximum atomic E-state index is 11.9. The van der Waals surface area contributed by atoms with Gasteiger partial charge in [0, 0.05) is 19.7 Å². The van der Waals surface area contributed by atoms with Gasteiger partial charge in [-0.3, -0.25) is 4.90 Å². The normalized spacial score (nSPS) is 21.3. The fourth-order valence-corrected chi connectivity index (χ4v) is 2.93. The van der Waals surface area contributed by atoms with Gasteiger partial charge in [-0.15, -0.1) is 0 Å². The van der Waals surface area contributed by atoms with Gasteiger partial charge in [-0.2, -0.15) is 0 Å². The van der Waals surface area contributed by atoms with Crippen LogP contribution in [0.15, 0.2) is 30.3 Å². The van der Waals surface area contributed by atoms with Gasteiger partial charge in [0.2, 0.25) is 0 Å². The number of unbranched alkanes of at least 4 members (excludes halogenated alkanes) is 1. The summed E-state index contributed by atoms with van der Waals surface area (Å²) in [4.78, 5) is 14.1. The molecule has 1 saturated heterocycles. The fourth-order valence-electron chi connectivity index (χ4n) is 2.93. The highest BCUT2D eigenvalue weighted by Gasteiger charge is 2.32. The molecule has 23 heavy (non-hydrogen) atoms. The second-order valence-electron chi connectivity index (χ2n) is 6.16. The molecule has 1 aliphatic heterocycles. The van der Waals surface area contributed by atoms with Crippen LogP contribution >= 0.6 is 0 Å². The number of benzene rings is 1. The van der Waals surface area contributed by atoms with Gasteiger partial charge >= 0.3 is 6.09 Å². The minimum absolute atomic E-state index is 0.0509. The molecule has 0 radical (unpaired) electrons. The second kappa shape index (κ2) is 9.53. The zero-order valence-electron chi connectivity index (χ0n) is 13.9. The molecule has 1 aliphatic rings. The monoisotopic (exact) mass is 320 g/mol. The lowest BCUT2D eigenvalue weighted by Crippen LogP contribution is -2.45. The summed E-state index contributed by atoms with van der Waals surface area (Å²) in [5.74, 6) is 0.215. The van der Waals surface area contributed by atoms with Gasteiger partial charge in [0.25, 0.3) is 0 Å². The summed E-state index contributed by atoms with van der Waals surface area (Å²) >= 11 is 0. The van der Waals surface area contributed by atoms with Crippen molar-refractivity contribution in [3.63, 3.8) is 0 Å². The van der Waals surface area contributed by atoms with E-state index in [-0.39, 0.29) is 24.8 Å². The number of hydrogen-bond acceptors (Lipinski definition) is 4. The summed E-state index contributed by atoms with van der Waals surface area (Å²) in [6.07, 6.45) is 3.19. The summed E-state index contributed by atoms with van der Waals surface area (Å²) in [6.45, 7) is 4.35. The minimum atomic E-state index is -0.355. The van der Waals surface area contributed by atoms with Gasteiger partial charge in [-0.05, 0) is 30.7 Å². The van der Waals surface area contributed by atoms with Crippen molar-refractivity contribution in [1.29, 1.82) is 0 Å². The summed E-state index contributed by atoms with van der Waals surface area (Å²) in [5.41, 5.74) is 1.28. The molecule has 1 aromatic rings. The average Bonchev–Trinajstić information content (AvgIpc) is 2.96. The van der Waals surface area contributed by atoms with E-state index in [0.29, 0.717) is 6.61 Å². The SMILES string of the molecule is CCCCOC(=O)N[C@H]1CC(CO)CN1CCc1ccccc1. The van der Waals surface area contributed by atoms with E-state index in [1.54, 1.807) is 0 Å². The number of carbonyl (C=O) groups excluding carboxylic acids is 1. The molecule has 0 aromatic heterocycles. The lowest BCUT2D eigenvalue weighted by atomic mass is 10.1. The molecule has 0 bridgehead atoms. The number of hydrogen-bond donors (Lipinski definition) is 2. The number of nitrogens with one attached hydrogen (secondary N) is 1. The standard InChI is InChI=1S/C18H28N2O3/c1-2-3-11-23-18(22)19-17-12-16(14-21)13-20(17)10-9-15-7-5-4-6-8-15/h4-8,16-17,21H,2-3,9-14H2,1H3,(H,19,22)/t16?,17-/m1/s1. The predicted octanol–water partition coefficient (Wildman–Crippen LogP) is 2.40. The Hall–Kier alpha value is -1.59. The van der Waals surface area contributed by atoms with E-state index >= 15 is 0 Å². The van der Waals surface area contributed by atoms with E-state index in [4.69, 9.17) is 4.74 Å². The molecule has 128 valence electrons. The number of likely N-dealkylation sites (tertiary alicyclic amines) is 1. The van der Waals surface area contributed by atoms with Gasteiger partial charge in [-0.1, -0.05) is 43.7 Å². The Morgan fingerprint density at radius 3 is 2.87 bits per heavy atom. The largest absolute Gasteiger partial charge is 0.450 e. The smallest absolute Gasteiger partial charge is 0.408 e. The van der Waals surface area contributed by atoms with E-state index in [0.717, 1.165) is 38.8 Å². The van der Waals surface area contributed by atoms with Gasteiger partial charge in [0.15, 0.2) is 0 Å². The van der Waals surface area contributed by atoms with E-state index in [1.807, 2.05) is 18.2 Å². The highest BCUT2D eigenvalue weighted by molar-refractivity contribution is 5.67. The first-order chi connectivity index (χ1) is 11.2. The second-order valence-corrected chi connectivity index (χ2v) is 6.16. The van der Waals surface area contributed by atoms with Crippen molar-refractivity contribution in [3.05, 3.63) is 35.9 Å². The minimum Gasteiger partial charge on any atom is -0.450 e. The Labute approximate surface area is 138 Å². The summed E-state index contributed by atoms with van der Waals surface area (Å²) in [6, 6.07) is 10.3. The van der Waals surface area contributed by atoms with Crippen LogP contribution < -0.4 is 5.32 Å². The fraction of sp³-hybridized carbons (Fsp3) is 0.611. The Balaban J connectivity index is 1.83. The van der Waals surface area contributed by atoms with Gasteiger partial charge < -0.3 is 15.2 Å². The lowest BCUT2D eigenvalue weighted by molar-refractivity contribution is 0.125. The summed E-state index contributed by atoms with van der Waals surface area (Å²) in [7, 11) is 0. The van der Waals surface area contributed by atoms with Crippen LogP contribution in [0.25, 0.3) is 0 Å². The molecule has 5 nitrogen and oxygen atoms in total. The van der Waals surface area contributed by atoms with Crippen molar-refractivity contribution in [2.45, 2.75) is 38.8 Å². The third kappa shape index (κ3) is 5.84. The van der Waals surface area contributed by atoms with Crippen LogP contribution in [0.1, 0.15) is 31.7 Å². The number of rotatable bonds is 8. The molecular formula is C18H28N2O3. The zero-order chi connectivity index (χ0) is 16.5. The Bertz CT molecular complexity index is 467. The van der Waals surface area contributed by atoms with Crippen molar-refractivity contribution < 1.29 is 14.6 Å². The lowest BCUT2D eigenvalue weighted by Gasteiger charge is -2.25. The van der Waals surface area contributed by atoms with Crippen LogP contribution in [-0.2, 0) is 11.2 Å². The Morgan fingerprint density at radius 1 is 1.39 bits per heavy atom. The average molecular weight is 320 g/mol. The highest BCUT2D eigenvalue weighted by atomic mass is 16.5. The van der Waals surface area contributed by atoms with Gasteiger partial charge in [0.1, 0.15) is 0 Å². The first-order valence-electron chi connectivity index (χ1n) is 8.55. The molecule has 2 N–H and O–H groups in total. The molecule has 0 saturated carbocycles. The topological polar surface area (TPSA) is 61.8 Å². The number of aliphatic hydroxyl groups excluding tert-OH is 1. The highest BCUT2D eigenvalue weighted by Crippen LogP contribution is 2.21. The number of ether oxygens (including phenoxy) is 1. The number of amides is 1. The molecule has 1 amide bonds. The third-order valence-corrected chi connectivity index (χ3v) is 4.29. The number of alkyl carbamates (subject to hydrolysis) is 1. The van der Waals surface area contributed by atoms with Crippen LogP contribution in [0, 0.1) is 5.92 Å². The molecule has 2 rings (SSSR count). The molecule has 1 fully saturated rings. The number of carbonyl (C=O) groups is 1. The molecule has 2 atom stereocenters. The van der Waals surface area contributed by atoms with E-state index in [9.17, 15) is 9.90 Å². The van der Waals surface area contributed by atoms with Crippen LogP contribution in [0.4, 0.5) is 4.79 Å². The van der Waals surface area contributed by atoms with Crippen molar-refractivity contribution in [2.75, 3.05) is 26.3 Å². The first-order valence-corrected chi connectivity index (χ1v) is 8.55. The van der Waals surface area contributed by atoms with E-state index in [1.165, 1.54) is 5.56 Å². The molecule has 5 heteroatoms. The number of nitrogens with zero attached hydrogens (tertiary/aromatic N) is 1. The molecular weight excluding hydrogens is 292 g/mol. The van der Waals surface area contributed by atoms with Gasteiger partial charge in [-0.25, -0.2) is 4.79 Å². The maximum Gasteiger partial charge on any atom is 0.408 e. The third-order valence-electron chi connectivity index (χ3n) is 4.29. The van der Waals surface area contributed by atoms with Crippen LogP contribution in [0.3, 0.4) is 0 Å². The van der Waals surface area contributed by atoms with Crippen molar-refractivity contribution in [1.82, 2.24) is 10.2 Å². The first kappa shape index (κ1) is 17.8. The quantitative estimate of drug-likeness (QED) is 0.722. The number of aliphatic hydroxyl groups is 1. The van der Waals surface area contributed by atoms with E-state index < -0.39 is 0 Å². The Morgan fingerprint density at radius 2 is 2.17 bits per heavy atom. The summed E-state index contributed by atoms with van der Waals surface area (Å²) in [5, 5.41) is 12.4. The van der Waals surface area contributed by atoms with Crippen LogP contribution in [-0.4, -0.2) is 48.6 Å². The van der Waals surface area contributed by atoms with E-state index in [2.05, 4.69) is 29.3 Å². The zero-order valence-corrected chi connectivity index (χ0v) is 13.9. The molecule has 1 heterocycles. The Kier molecular flexibility index (Phi) is 7.36. The van der Waals surface area contributed by atoms with Crippen molar-refractivity contribution in [2.24, 2.45) is 5.92 Å². The van der Waals surface area contributed by atoms with Crippen LogP contribution in [0.5, 0.6) is 0 Å². The molecule has 1 aromatic carbocycles. The van der Waals surface area contributed by atoms with Crippen molar-refractivity contribution >= 4 is 6.09 Å². The molecule has 0 spiro atoms. The maximum absolute atomic E-state index is 11.9. The van der Waals surface area contributed by atoms with Gasteiger partial charge in [0.05, 0.1) is 12.8 Å². The molecule has 1 unspecified atom stereocenters. The summed E-state index contributed by atoms with van der Waals surface area (Å²) < 4.78 is 5.19.